The Balaban J connectivity index is 2.21. The zero-order valence-corrected chi connectivity index (χ0v) is 11.8. The molecular weight excluding hydrogens is 262 g/mol. The van der Waals surface area contributed by atoms with Gasteiger partial charge in [-0.15, -0.1) is 0 Å². The maximum Gasteiger partial charge on any atom is 0.309 e. The standard InChI is InChI=1S/C18H19NO2/c20-17(21)16-13-19-12-11-18(16,14-7-3-1-4-8-14)15-9-5-2-6-10-15/h1-10,16,19H,11-13H2,(H,20,21). The van der Waals surface area contributed by atoms with E-state index in [1.54, 1.807) is 0 Å². The monoisotopic (exact) mass is 281 g/mol. The average molecular weight is 281 g/mol. The smallest absolute Gasteiger partial charge is 0.309 e. The van der Waals surface area contributed by atoms with Crippen molar-refractivity contribution in [3.8, 4) is 0 Å². The molecule has 21 heavy (non-hydrogen) atoms. The summed E-state index contributed by atoms with van der Waals surface area (Å²) in [6, 6.07) is 20.1. The fourth-order valence-electron chi connectivity index (χ4n) is 3.51. The van der Waals surface area contributed by atoms with Crippen LogP contribution in [0.1, 0.15) is 17.5 Å². The molecule has 3 rings (SSSR count). The number of carboxylic acids is 1. The van der Waals surface area contributed by atoms with Crippen molar-refractivity contribution in [3.05, 3.63) is 71.8 Å². The number of rotatable bonds is 3. The van der Waals surface area contributed by atoms with Gasteiger partial charge in [0, 0.05) is 12.0 Å². The normalized spacial score (nSPS) is 20.9. The van der Waals surface area contributed by atoms with Crippen LogP contribution in [0.4, 0.5) is 0 Å². The molecule has 0 bridgehead atoms. The van der Waals surface area contributed by atoms with E-state index in [0.29, 0.717) is 6.54 Å². The maximum atomic E-state index is 11.9. The van der Waals surface area contributed by atoms with Gasteiger partial charge in [0.2, 0.25) is 0 Å². The molecule has 1 aliphatic rings. The summed E-state index contributed by atoms with van der Waals surface area (Å²) in [5.41, 5.74) is 1.72. The number of nitrogens with one attached hydrogen (secondary N) is 1. The first kappa shape index (κ1) is 13.8. The molecule has 108 valence electrons. The van der Waals surface area contributed by atoms with E-state index in [1.165, 1.54) is 0 Å². The van der Waals surface area contributed by atoms with Crippen LogP contribution in [0.25, 0.3) is 0 Å². The molecule has 1 heterocycles. The molecule has 0 saturated carbocycles. The van der Waals surface area contributed by atoms with Gasteiger partial charge in [0.1, 0.15) is 0 Å². The Morgan fingerprint density at radius 2 is 1.52 bits per heavy atom. The lowest BCUT2D eigenvalue weighted by molar-refractivity contribution is -0.144. The number of carboxylic acid groups (broad SMARTS) is 1. The molecule has 2 aromatic carbocycles. The summed E-state index contributed by atoms with van der Waals surface area (Å²) in [7, 11) is 0. The third-order valence-corrected chi connectivity index (χ3v) is 4.52. The van der Waals surface area contributed by atoms with E-state index in [4.69, 9.17) is 0 Å². The lowest BCUT2D eigenvalue weighted by Gasteiger charge is -2.43. The van der Waals surface area contributed by atoms with Gasteiger partial charge in [0.25, 0.3) is 0 Å². The molecule has 0 amide bonds. The van der Waals surface area contributed by atoms with Crippen molar-refractivity contribution in [1.82, 2.24) is 5.32 Å². The molecule has 1 unspecified atom stereocenters. The first-order valence-electron chi connectivity index (χ1n) is 7.30. The Labute approximate surface area is 124 Å². The molecule has 0 aromatic heterocycles. The molecule has 1 fully saturated rings. The Morgan fingerprint density at radius 3 is 2.00 bits per heavy atom. The van der Waals surface area contributed by atoms with Gasteiger partial charge in [-0.3, -0.25) is 4.79 Å². The van der Waals surface area contributed by atoms with E-state index in [-0.39, 0.29) is 0 Å². The molecule has 1 aliphatic heterocycles. The minimum Gasteiger partial charge on any atom is -0.481 e. The van der Waals surface area contributed by atoms with E-state index >= 15 is 0 Å². The van der Waals surface area contributed by atoms with Crippen molar-refractivity contribution < 1.29 is 9.90 Å². The highest BCUT2D eigenvalue weighted by Gasteiger charge is 2.47. The molecule has 0 aliphatic carbocycles. The van der Waals surface area contributed by atoms with Crippen LogP contribution in [0, 0.1) is 5.92 Å². The summed E-state index contributed by atoms with van der Waals surface area (Å²) in [5, 5.41) is 13.0. The quantitative estimate of drug-likeness (QED) is 0.909. The van der Waals surface area contributed by atoms with Gasteiger partial charge in [-0.2, -0.15) is 0 Å². The van der Waals surface area contributed by atoms with E-state index in [2.05, 4.69) is 5.32 Å². The molecule has 0 spiro atoms. The van der Waals surface area contributed by atoms with Crippen LogP contribution in [0.15, 0.2) is 60.7 Å². The lowest BCUT2D eigenvalue weighted by atomic mass is 9.62. The molecule has 3 nitrogen and oxygen atoms in total. The van der Waals surface area contributed by atoms with E-state index in [0.717, 1.165) is 24.1 Å². The third-order valence-electron chi connectivity index (χ3n) is 4.52. The number of aliphatic carboxylic acids is 1. The fourth-order valence-corrected chi connectivity index (χ4v) is 3.51. The number of piperidine rings is 1. The summed E-state index contributed by atoms with van der Waals surface area (Å²) < 4.78 is 0. The summed E-state index contributed by atoms with van der Waals surface area (Å²) >= 11 is 0. The first-order chi connectivity index (χ1) is 10.2. The molecule has 3 heteroatoms. The van der Waals surface area contributed by atoms with Gasteiger partial charge in [-0.1, -0.05) is 60.7 Å². The van der Waals surface area contributed by atoms with Crippen molar-refractivity contribution in [2.45, 2.75) is 11.8 Å². The largest absolute Gasteiger partial charge is 0.481 e. The van der Waals surface area contributed by atoms with Gasteiger partial charge in [0.15, 0.2) is 0 Å². The molecule has 1 saturated heterocycles. The van der Waals surface area contributed by atoms with Crippen LogP contribution < -0.4 is 5.32 Å². The average Bonchev–Trinajstić information content (AvgIpc) is 2.56. The van der Waals surface area contributed by atoms with Crippen LogP contribution in [0.5, 0.6) is 0 Å². The van der Waals surface area contributed by atoms with Crippen LogP contribution in [0.2, 0.25) is 0 Å². The maximum absolute atomic E-state index is 11.9. The van der Waals surface area contributed by atoms with E-state index < -0.39 is 17.3 Å². The summed E-state index contributed by atoms with van der Waals surface area (Å²) in [6.45, 7) is 1.33. The van der Waals surface area contributed by atoms with Crippen molar-refractivity contribution >= 4 is 5.97 Å². The topological polar surface area (TPSA) is 49.3 Å². The highest BCUT2D eigenvalue weighted by atomic mass is 16.4. The van der Waals surface area contributed by atoms with Gasteiger partial charge in [-0.25, -0.2) is 0 Å². The van der Waals surface area contributed by atoms with Gasteiger partial charge >= 0.3 is 5.97 Å². The summed E-state index contributed by atoms with van der Waals surface area (Å²) in [5.74, 6) is -1.20. The highest BCUT2D eigenvalue weighted by molar-refractivity contribution is 5.74. The minimum atomic E-state index is -0.741. The Bertz CT molecular complexity index is 570. The Hall–Kier alpha value is -2.13. The lowest BCUT2D eigenvalue weighted by Crippen LogP contribution is -2.52. The van der Waals surface area contributed by atoms with Crippen LogP contribution in [0.3, 0.4) is 0 Å². The molecule has 2 aromatic rings. The molecule has 2 N–H and O–H groups in total. The van der Waals surface area contributed by atoms with E-state index in [1.807, 2.05) is 60.7 Å². The van der Waals surface area contributed by atoms with Crippen LogP contribution in [-0.2, 0) is 10.2 Å². The van der Waals surface area contributed by atoms with E-state index in [9.17, 15) is 9.90 Å². The molecule has 0 radical (unpaired) electrons. The minimum absolute atomic E-state index is 0.459. The second kappa shape index (κ2) is 5.70. The predicted molar refractivity (Wildman–Crippen MR) is 82.3 cm³/mol. The fraction of sp³-hybridized carbons (Fsp3) is 0.278. The predicted octanol–water partition coefficient (Wildman–Crippen LogP) is 2.67. The highest BCUT2D eigenvalue weighted by Crippen LogP contribution is 2.43. The van der Waals surface area contributed by atoms with Crippen molar-refractivity contribution in [3.63, 3.8) is 0 Å². The van der Waals surface area contributed by atoms with Gasteiger partial charge in [-0.05, 0) is 24.1 Å². The van der Waals surface area contributed by atoms with Crippen molar-refractivity contribution in [2.24, 2.45) is 5.92 Å². The SMILES string of the molecule is O=C(O)C1CNCCC1(c1ccccc1)c1ccccc1. The molecule has 1 atom stereocenters. The molecular formula is C18H19NO2. The van der Waals surface area contributed by atoms with Crippen LogP contribution >= 0.6 is 0 Å². The second-order valence-electron chi connectivity index (χ2n) is 5.55. The zero-order chi connectivity index (χ0) is 14.7. The number of carbonyl (C=O) groups is 1. The van der Waals surface area contributed by atoms with Crippen molar-refractivity contribution in [2.75, 3.05) is 13.1 Å². The summed E-state index contributed by atoms with van der Waals surface area (Å²) in [6.07, 6.45) is 0.790. The summed E-state index contributed by atoms with van der Waals surface area (Å²) in [4.78, 5) is 11.9. The number of benzene rings is 2. The Morgan fingerprint density at radius 1 is 1.00 bits per heavy atom. The number of hydrogen-bond acceptors (Lipinski definition) is 2. The third kappa shape index (κ3) is 2.34. The second-order valence-corrected chi connectivity index (χ2v) is 5.55. The Kier molecular flexibility index (Phi) is 3.76. The van der Waals surface area contributed by atoms with Crippen LogP contribution in [-0.4, -0.2) is 24.2 Å². The number of hydrogen-bond donors (Lipinski definition) is 2. The van der Waals surface area contributed by atoms with Gasteiger partial charge < -0.3 is 10.4 Å². The first-order valence-corrected chi connectivity index (χ1v) is 7.30. The zero-order valence-electron chi connectivity index (χ0n) is 11.8. The van der Waals surface area contributed by atoms with Crippen molar-refractivity contribution in [1.29, 1.82) is 0 Å². The van der Waals surface area contributed by atoms with Gasteiger partial charge in [0.05, 0.1) is 5.92 Å².